The number of fused-ring (bicyclic) bond motifs is 1. The highest BCUT2D eigenvalue weighted by atomic mass is 14.3. The maximum Gasteiger partial charge on any atom is -0.0181 e. The highest BCUT2D eigenvalue weighted by Crippen LogP contribution is 2.34. The lowest BCUT2D eigenvalue weighted by atomic mass is 9.78. The van der Waals surface area contributed by atoms with Gasteiger partial charge in [-0.2, -0.15) is 0 Å². The Bertz CT molecular complexity index is 676. The van der Waals surface area contributed by atoms with Gasteiger partial charge in [-0.05, 0) is 84.1 Å². The molecule has 0 saturated heterocycles. The van der Waals surface area contributed by atoms with Crippen LogP contribution in [-0.2, 0) is 12.8 Å². The van der Waals surface area contributed by atoms with E-state index in [9.17, 15) is 0 Å². The highest BCUT2D eigenvalue weighted by Gasteiger charge is 2.21. The summed E-state index contributed by atoms with van der Waals surface area (Å²) in [5, 5.41) is 2.89. The van der Waals surface area contributed by atoms with Crippen molar-refractivity contribution in [1.82, 2.24) is 0 Å². The highest BCUT2D eigenvalue weighted by molar-refractivity contribution is 5.83. The Balaban J connectivity index is 1.36. The van der Waals surface area contributed by atoms with Gasteiger partial charge in [0.15, 0.2) is 0 Å². The molecule has 2 fully saturated rings. The zero-order valence-electron chi connectivity index (χ0n) is 18.3. The molecular weight excluding hydrogens is 336 g/mol. The normalized spacial score (nSPS) is 28.5. The van der Waals surface area contributed by atoms with Gasteiger partial charge in [0.25, 0.3) is 0 Å². The fraction of sp³-hybridized carbons (Fsp3) is 0.643. The molecule has 0 spiro atoms. The first-order valence-corrected chi connectivity index (χ1v) is 12.2. The van der Waals surface area contributed by atoms with Gasteiger partial charge in [0, 0.05) is 0 Å². The summed E-state index contributed by atoms with van der Waals surface area (Å²) >= 11 is 0. The van der Waals surface area contributed by atoms with Gasteiger partial charge in [-0.3, -0.25) is 0 Å². The van der Waals surface area contributed by atoms with E-state index in [4.69, 9.17) is 0 Å². The van der Waals surface area contributed by atoms with Gasteiger partial charge >= 0.3 is 0 Å². The monoisotopic (exact) mass is 376 g/mol. The fourth-order valence-electron chi connectivity index (χ4n) is 5.95. The first kappa shape index (κ1) is 20.0. The quantitative estimate of drug-likeness (QED) is 0.475. The van der Waals surface area contributed by atoms with Gasteiger partial charge in [0.1, 0.15) is 0 Å². The maximum atomic E-state index is 2.47. The van der Waals surface area contributed by atoms with Crippen molar-refractivity contribution in [3.8, 4) is 0 Å². The molecule has 0 heteroatoms. The van der Waals surface area contributed by atoms with Crippen molar-refractivity contribution in [2.75, 3.05) is 0 Å². The van der Waals surface area contributed by atoms with Crippen LogP contribution < -0.4 is 0 Å². The molecule has 0 N–H and O–H groups in total. The van der Waals surface area contributed by atoms with E-state index in [-0.39, 0.29) is 0 Å². The van der Waals surface area contributed by atoms with E-state index < -0.39 is 0 Å². The van der Waals surface area contributed by atoms with Crippen molar-refractivity contribution in [3.63, 3.8) is 0 Å². The van der Waals surface area contributed by atoms with Gasteiger partial charge < -0.3 is 0 Å². The zero-order valence-corrected chi connectivity index (χ0v) is 18.3. The Kier molecular flexibility index (Phi) is 6.76. The number of hydrogen-bond donors (Lipinski definition) is 0. The van der Waals surface area contributed by atoms with Crippen molar-refractivity contribution in [2.45, 2.75) is 90.9 Å². The lowest BCUT2D eigenvalue weighted by molar-refractivity contribution is 0.268. The standard InChI is InChI=1S/C28H40/c1-3-21-5-9-23(10-6-21)17-25-13-15-28-20-26(14-16-27(28)19-25)18-24-11-7-22(4-2)8-12-24/h13-16,19-24H,3-12,17-18H2,1-2H3. The summed E-state index contributed by atoms with van der Waals surface area (Å²) in [4.78, 5) is 0. The Hall–Kier alpha value is -1.30. The minimum atomic E-state index is 0.915. The molecule has 152 valence electrons. The second-order valence-electron chi connectivity index (χ2n) is 10.0. The third-order valence-electron chi connectivity index (χ3n) is 8.11. The van der Waals surface area contributed by atoms with Crippen molar-refractivity contribution in [2.24, 2.45) is 23.7 Å². The Morgan fingerprint density at radius 2 is 0.893 bits per heavy atom. The molecule has 0 aliphatic heterocycles. The first-order valence-electron chi connectivity index (χ1n) is 12.2. The summed E-state index contributed by atoms with van der Waals surface area (Å²) in [6.07, 6.45) is 16.9. The van der Waals surface area contributed by atoms with Crippen LogP contribution in [0.2, 0.25) is 0 Å². The molecule has 0 bridgehead atoms. The average molecular weight is 377 g/mol. The molecule has 0 aromatic heterocycles. The summed E-state index contributed by atoms with van der Waals surface area (Å²) in [6.45, 7) is 4.72. The predicted molar refractivity (Wildman–Crippen MR) is 123 cm³/mol. The number of rotatable bonds is 6. The van der Waals surface area contributed by atoms with Crippen LogP contribution in [0.5, 0.6) is 0 Å². The third-order valence-corrected chi connectivity index (χ3v) is 8.11. The maximum absolute atomic E-state index is 2.47. The van der Waals surface area contributed by atoms with Crippen molar-refractivity contribution in [3.05, 3.63) is 47.5 Å². The Morgan fingerprint density at radius 1 is 0.536 bits per heavy atom. The summed E-state index contributed by atoms with van der Waals surface area (Å²) < 4.78 is 0. The minimum Gasteiger partial charge on any atom is -0.0651 e. The summed E-state index contributed by atoms with van der Waals surface area (Å²) in [6, 6.07) is 14.5. The molecule has 28 heavy (non-hydrogen) atoms. The summed E-state index contributed by atoms with van der Waals surface area (Å²) in [5.74, 6) is 3.84. The molecule has 2 aliphatic rings. The SMILES string of the molecule is CCC1CCC(Cc2ccc3cc(CC4CCC(CC)CC4)ccc3c2)CC1. The van der Waals surface area contributed by atoms with Crippen LogP contribution in [0.3, 0.4) is 0 Å². The van der Waals surface area contributed by atoms with E-state index in [1.54, 1.807) is 11.1 Å². The van der Waals surface area contributed by atoms with Crippen LogP contribution in [0.4, 0.5) is 0 Å². The fourth-order valence-corrected chi connectivity index (χ4v) is 5.95. The van der Waals surface area contributed by atoms with Gasteiger partial charge in [0.2, 0.25) is 0 Å². The molecule has 0 unspecified atom stereocenters. The number of hydrogen-bond acceptors (Lipinski definition) is 0. The molecule has 2 saturated carbocycles. The van der Waals surface area contributed by atoms with Crippen LogP contribution in [-0.4, -0.2) is 0 Å². The van der Waals surface area contributed by atoms with Crippen LogP contribution in [0.25, 0.3) is 10.8 Å². The van der Waals surface area contributed by atoms with Gasteiger partial charge in [-0.15, -0.1) is 0 Å². The zero-order chi connectivity index (χ0) is 19.3. The van der Waals surface area contributed by atoms with Crippen molar-refractivity contribution >= 4 is 10.8 Å². The molecule has 0 radical (unpaired) electrons. The lowest BCUT2D eigenvalue weighted by Gasteiger charge is -2.28. The van der Waals surface area contributed by atoms with E-state index in [1.807, 2.05) is 0 Å². The summed E-state index contributed by atoms with van der Waals surface area (Å²) in [7, 11) is 0. The average Bonchev–Trinajstić information content (AvgIpc) is 2.75. The molecular formula is C28H40. The molecule has 2 aromatic carbocycles. The van der Waals surface area contributed by atoms with E-state index >= 15 is 0 Å². The molecule has 0 amide bonds. The molecule has 0 nitrogen and oxygen atoms in total. The lowest BCUT2D eigenvalue weighted by Crippen LogP contribution is -2.16. The second-order valence-corrected chi connectivity index (χ2v) is 10.0. The largest absolute Gasteiger partial charge is 0.0651 e. The van der Waals surface area contributed by atoms with Crippen LogP contribution in [0.15, 0.2) is 36.4 Å². The minimum absolute atomic E-state index is 0.915. The molecule has 2 aromatic rings. The molecule has 0 heterocycles. The van der Waals surface area contributed by atoms with Crippen molar-refractivity contribution in [1.29, 1.82) is 0 Å². The molecule has 0 atom stereocenters. The first-order chi connectivity index (χ1) is 13.7. The molecule has 2 aliphatic carbocycles. The van der Waals surface area contributed by atoms with Crippen LogP contribution in [0, 0.1) is 23.7 Å². The van der Waals surface area contributed by atoms with Crippen LogP contribution >= 0.6 is 0 Å². The van der Waals surface area contributed by atoms with E-state index in [0.29, 0.717) is 0 Å². The molecule has 4 rings (SSSR count). The van der Waals surface area contributed by atoms with E-state index in [2.05, 4.69) is 50.2 Å². The van der Waals surface area contributed by atoms with E-state index in [1.165, 1.54) is 87.8 Å². The third kappa shape index (κ3) is 5.00. The van der Waals surface area contributed by atoms with E-state index in [0.717, 1.165) is 23.7 Å². The summed E-state index contributed by atoms with van der Waals surface area (Å²) in [5.41, 5.74) is 3.11. The second kappa shape index (κ2) is 9.47. The smallest absolute Gasteiger partial charge is 0.0181 e. The Morgan fingerprint density at radius 3 is 1.25 bits per heavy atom. The number of benzene rings is 2. The topological polar surface area (TPSA) is 0 Å². The van der Waals surface area contributed by atoms with Gasteiger partial charge in [-0.1, -0.05) is 88.8 Å². The van der Waals surface area contributed by atoms with Gasteiger partial charge in [-0.25, -0.2) is 0 Å². The Labute approximate surface area is 173 Å². The van der Waals surface area contributed by atoms with Crippen LogP contribution in [0.1, 0.15) is 89.2 Å². The van der Waals surface area contributed by atoms with Gasteiger partial charge in [0.05, 0.1) is 0 Å². The van der Waals surface area contributed by atoms with Crippen molar-refractivity contribution < 1.29 is 0 Å². The predicted octanol–water partition coefficient (Wildman–Crippen LogP) is 8.36.